The standard InChI is InChI=1S/C18H16ClNO4/c1-11-2-5-14(19)16(8-11)24-18(22)10-23-13-4-6-15-12(9-13)3-7-17(21)20-15/h2,4-6,8-9H,3,7,10H2,1H3,(H,20,21). The van der Waals surface area contributed by atoms with E-state index in [0.29, 0.717) is 29.4 Å². The van der Waals surface area contributed by atoms with E-state index >= 15 is 0 Å². The first-order chi connectivity index (χ1) is 11.5. The second-order valence-electron chi connectivity index (χ2n) is 5.56. The van der Waals surface area contributed by atoms with Crippen molar-refractivity contribution in [1.82, 2.24) is 0 Å². The number of esters is 1. The van der Waals surface area contributed by atoms with Gasteiger partial charge in [0, 0.05) is 12.1 Å². The number of amides is 1. The molecule has 0 radical (unpaired) electrons. The molecular weight excluding hydrogens is 330 g/mol. The molecule has 6 heteroatoms. The summed E-state index contributed by atoms with van der Waals surface area (Å²) in [6.45, 7) is 1.66. The van der Waals surface area contributed by atoms with Gasteiger partial charge in [0.2, 0.25) is 5.91 Å². The van der Waals surface area contributed by atoms with E-state index in [1.54, 1.807) is 24.3 Å². The Morgan fingerprint density at radius 1 is 1.21 bits per heavy atom. The van der Waals surface area contributed by atoms with Crippen LogP contribution in [-0.4, -0.2) is 18.5 Å². The third kappa shape index (κ3) is 3.86. The summed E-state index contributed by atoms with van der Waals surface area (Å²) in [6, 6.07) is 10.5. The van der Waals surface area contributed by atoms with E-state index in [1.165, 1.54) is 0 Å². The molecule has 0 unspecified atom stereocenters. The molecule has 1 N–H and O–H groups in total. The molecule has 124 valence electrons. The first-order valence-corrected chi connectivity index (χ1v) is 7.91. The number of nitrogens with one attached hydrogen (secondary N) is 1. The van der Waals surface area contributed by atoms with Crippen LogP contribution >= 0.6 is 11.6 Å². The molecule has 2 aromatic rings. The van der Waals surface area contributed by atoms with E-state index in [0.717, 1.165) is 16.8 Å². The summed E-state index contributed by atoms with van der Waals surface area (Å²) in [5.74, 6) is 0.346. The van der Waals surface area contributed by atoms with Gasteiger partial charge in [-0.2, -0.15) is 0 Å². The van der Waals surface area contributed by atoms with Gasteiger partial charge in [-0.15, -0.1) is 0 Å². The molecule has 1 heterocycles. The van der Waals surface area contributed by atoms with Gasteiger partial charge in [0.15, 0.2) is 6.61 Å². The molecule has 0 spiro atoms. The van der Waals surface area contributed by atoms with Crippen molar-refractivity contribution in [3.05, 3.63) is 52.5 Å². The molecule has 0 fully saturated rings. The number of aryl methyl sites for hydroxylation is 2. The maximum atomic E-state index is 11.9. The van der Waals surface area contributed by atoms with Gasteiger partial charge in [-0.1, -0.05) is 17.7 Å². The molecular formula is C18H16ClNO4. The van der Waals surface area contributed by atoms with Gasteiger partial charge in [-0.25, -0.2) is 4.79 Å². The first-order valence-electron chi connectivity index (χ1n) is 7.54. The van der Waals surface area contributed by atoms with Crippen molar-refractivity contribution in [2.24, 2.45) is 0 Å². The lowest BCUT2D eigenvalue weighted by atomic mass is 10.0. The van der Waals surface area contributed by atoms with E-state index in [4.69, 9.17) is 21.1 Å². The molecule has 1 aliphatic heterocycles. The maximum Gasteiger partial charge on any atom is 0.349 e. The Hall–Kier alpha value is -2.53. The Labute approximate surface area is 144 Å². The Kier molecular flexibility index (Phi) is 4.71. The van der Waals surface area contributed by atoms with Gasteiger partial charge in [-0.05, 0) is 54.8 Å². The summed E-state index contributed by atoms with van der Waals surface area (Å²) in [6.07, 6.45) is 1.10. The van der Waals surface area contributed by atoms with Gasteiger partial charge in [0.1, 0.15) is 11.5 Å². The van der Waals surface area contributed by atoms with Crippen LogP contribution in [0.3, 0.4) is 0 Å². The van der Waals surface area contributed by atoms with Crippen molar-refractivity contribution in [3.8, 4) is 11.5 Å². The van der Waals surface area contributed by atoms with Gasteiger partial charge >= 0.3 is 5.97 Å². The van der Waals surface area contributed by atoms with Crippen LogP contribution in [0.2, 0.25) is 5.02 Å². The third-order valence-electron chi connectivity index (χ3n) is 3.64. The Morgan fingerprint density at radius 2 is 2.04 bits per heavy atom. The molecule has 24 heavy (non-hydrogen) atoms. The van der Waals surface area contributed by atoms with Crippen molar-refractivity contribution in [2.75, 3.05) is 11.9 Å². The number of anilines is 1. The molecule has 0 aromatic heterocycles. The smallest absolute Gasteiger partial charge is 0.349 e. The molecule has 1 amide bonds. The number of hydrogen-bond donors (Lipinski definition) is 1. The minimum absolute atomic E-state index is 0.00905. The fourth-order valence-electron chi connectivity index (χ4n) is 2.43. The number of benzene rings is 2. The topological polar surface area (TPSA) is 64.6 Å². The average molecular weight is 346 g/mol. The second-order valence-corrected chi connectivity index (χ2v) is 5.97. The number of fused-ring (bicyclic) bond motifs is 1. The molecule has 0 aliphatic carbocycles. The zero-order valence-corrected chi connectivity index (χ0v) is 13.9. The van der Waals surface area contributed by atoms with Gasteiger partial charge < -0.3 is 14.8 Å². The predicted molar refractivity (Wildman–Crippen MR) is 90.7 cm³/mol. The first kappa shape index (κ1) is 16.3. The van der Waals surface area contributed by atoms with E-state index < -0.39 is 5.97 Å². The fourth-order valence-corrected chi connectivity index (χ4v) is 2.59. The van der Waals surface area contributed by atoms with E-state index in [1.807, 2.05) is 19.1 Å². The predicted octanol–water partition coefficient (Wildman–Crippen LogP) is 3.52. The van der Waals surface area contributed by atoms with Crippen LogP contribution in [0.5, 0.6) is 11.5 Å². The molecule has 5 nitrogen and oxygen atoms in total. The van der Waals surface area contributed by atoms with E-state index in [-0.39, 0.29) is 12.5 Å². The summed E-state index contributed by atoms with van der Waals surface area (Å²) < 4.78 is 10.7. The van der Waals surface area contributed by atoms with Crippen LogP contribution in [0.15, 0.2) is 36.4 Å². The van der Waals surface area contributed by atoms with E-state index in [9.17, 15) is 9.59 Å². The number of ether oxygens (including phenoxy) is 2. The van der Waals surface area contributed by atoms with Crippen molar-refractivity contribution in [2.45, 2.75) is 19.8 Å². The second kappa shape index (κ2) is 6.93. The maximum absolute atomic E-state index is 11.9. The summed E-state index contributed by atoms with van der Waals surface area (Å²) in [7, 11) is 0. The zero-order chi connectivity index (χ0) is 17.1. The van der Waals surface area contributed by atoms with Crippen molar-refractivity contribution in [3.63, 3.8) is 0 Å². The normalized spacial score (nSPS) is 13.0. The Bertz CT molecular complexity index is 804. The van der Waals surface area contributed by atoms with Crippen LogP contribution in [0.4, 0.5) is 5.69 Å². The lowest BCUT2D eigenvalue weighted by Crippen LogP contribution is -2.20. The highest BCUT2D eigenvalue weighted by Gasteiger charge is 2.16. The fraction of sp³-hybridized carbons (Fsp3) is 0.222. The van der Waals surface area contributed by atoms with Crippen molar-refractivity contribution in [1.29, 1.82) is 0 Å². The van der Waals surface area contributed by atoms with Crippen molar-refractivity contribution < 1.29 is 19.1 Å². The Morgan fingerprint density at radius 3 is 2.88 bits per heavy atom. The summed E-state index contributed by atoms with van der Waals surface area (Å²) in [5.41, 5.74) is 2.72. The lowest BCUT2D eigenvalue weighted by Gasteiger charge is -2.17. The largest absolute Gasteiger partial charge is 0.482 e. The minimum Gasteiger partial charge on any atom is -0.482 e. The van der Waals surface area contributed by atoms with Crippen LogP contribution in [0, 0.1) is 6.92 Å². The lowest BCUT2D eigenvalue weighted by molar-refractivity contribution is -0.136. The molecule has 3 rings (SSSR count). The third-order valence-corrected chi connectivity index (χ3v) is 3.95. The minimum atomic E-state index is -0.534. The number of hydrogen-bond acceptors (Lipinski definition) is 4. The van der Waals surface area contributed by atoms with Crippen LogP contribution in [0.25, 0.3) is 0 Å². The van der Waals surface area contributed by atoms with Crippen LogP contribution < -0.4 is 14.8 Å². The summed E-state index contributed by atoms with van der Waals surface area (Å²) >= 11 is 6.00. The highest BCUT2D eigenvalue weighted by atomic mass is 35.5. The van der Waals surface area contributed by atoms with Crippen LogP contribution in [0.1, 0.15) is 17.5 Å². The van der Waals surface area contributed by atoms with Gasteiger partial charge in [-0.3, -0.25) is 4.79 Å². The number of carbonyl (C=O) groups is 2. The molecule has 1 aliphatic rings. The quantitative estimate of drug-likeness (QED) is 0.680. The summed E-state index contributed by atoms with van der Waals surface area (Å²) in [4.78, 5) is 23.3. The SMILES string of the molecule is Cc1ccc(Cl)c(OC(=O)COc2ccc3c(c2)CCC(=O)N3)c1. The van der Waals surface area contributed by atoms with E-state index in [2.05, 4.69) is 5.32 Å². The molecule has 2 aromatic carbocycles. The Balaban J connectivity index is 1.60. The number of halogens is 1. The number of rotatable bonds is 4. The summed E-state index contributed by atoms with van der Waals surface area (Å²) in [5, 5.41) is 3.17. The highest BCUT2D eigenvalue weighted by Crippen LogP contribution is 2.27. The number of carbonyl (C=O) groups excluding carboxylic acids is 2. The average Bonchev–Trinajstić information content (AvgIpc) is 2.56. The monoisotopic (exact) mass is 345 g/mol. The van der Waals surface area contributed by atoms with Crippen LogP contribution in [-0.2, 0) is 16.0 Å². The van der Waals surface area contributed by atoms with Gasteiger partial charge in [0.25, 0.3) is 0 Å². The molecule has 0 atom stereocenters. The zero-order valence-electron chi connectivity index (χ0n) is 13.1. The highest BCUT2D eigenvalue weighted by molar-refractivity contribution is 6.32. The molecule has 0 saturated carbocycles. The van der Waals surface area contributed by atoms with Crippen molar-refractivity contribution >= 4 is 29.2 Å². The molecule has 0 saturated heterocycles. The molecule has 0 bridgehead atoms. The van der Waals surface area contributed by atoms with Gasteiger partial charge in [0.05, 0.1) is 5.02 Å².